The van der Waals surface area contributed by atoms with E-state index in [4.69, 9.17) is 10.5 Å². The monoisotopic (exact) mass is 237 g/mol. The van der Waals surface area contributed by atoms with Gasteiger partial charge in [0.05, 0.1) is 12.7 Å². The van der Waals surface area contributed by atoms with Crippen LogP contribution in [0.5, 0.6) is 0 Å². The molecular formula is C14H20FNO. The number of hydrogen-bond acceptors (Lipinski definition) is 2. The molecule has 0 bridgehead atoms. The first-order chi connectivity index (χ1) is 8.06. The lowest BCUT2D eigenvalue weighted by Gasteiger charge is -2.18. The number of rotatable bonds is 3. The maximum absolute atomic E-state index is 13.0. The van der Waals surface area contributed by atoms with E-state index >= 15 is 0 Å². The lowest BCUT2D eigenvalue weighted by Crippen LogP contribution is -2.33. The normalized spacial score (nSPS) is 26.1. The predicted octanol–water partition coefficient (Wildman–Crippen LogP) is 2.43. The first-order valence-corrected chi connectivity index (χ1v) is 6.18. The van der Waals surface area contributed by atoms with Gasteiger partial charge in [-0.15, -0.1) is 0 Å². The van der Waals surface area contributed by atoms with Crippen LogP contribution in [0.2, 0.25) is 0 Å². The van der Waals surface area contributed by atoms with Crippen LogP contribution < -0.4 is 5.73 Å². The van der Waals surface area contributed by atoms with Gasteiger partial charge in [-0.1, -0.05) is 6.07 Å². The fourth-order valence-corrected chi connectivity index (χ4v) is 2.46. The van der Waals surface area contributed by atoms with E-state index in [1.165, 1.54) is 6.07 Å². The van der Waals surface area contributed by atoms with Gasteiger partial charge in [0.25, 0.3) is 0 Å². The minimum absolute atomic E-state index is 0.101. The third-order valence-electron chi connectivity index (χ3n) is 3.60. The minimum atomic E-state index is -0.183. The molecule has 3 heteroatoms. The van der Waals surface area contributed by atoms with Gasteiger partial charge in [-0.3, -0.25) is 0 Å². The van der Waals surface area contributed by atoms with E-state index in [1.54, 1.807) is 6.07 Å². The summed E-state index contributed by atoms with van der Waals surface area (Å²) < 4.78 is 18.5. The molecule has 1 saturated heterocycles. The molecule has 94 valence electrons. The van der Waals surface area contributed by atoms with Gasteiger partial charge in [0.15, 0.2) is 0 Å². The summed E-state index contributed by atoms with van der Waals surface area (Å²) in [6.45, 7) is 4.76. The highest BCUT2D eigenvalue weighted by atomic mass is 19.1. The molecule has 1 heterocycles. The van der Waals surface area contributed by atoms with Crippen LogP contribution in [0.4, 0.5) is 4.39 Å². The van der Waals surface area contributed by atoms with Crippen LogP contribution in [-0.4, -0.2) is 18.8 Å². The van der Waals surface area contributed by atoms with Gasteiger partial charge in [0.1, 0.15) is 5.82 Å². The van der Waals surface area contributed by atoms with E-state index in [0.29, 0.717) is 12.0 Å². The Balaban J connectivity index is 2.00. The Morgan fingerprint density at radius 3 is 2.88 bits per heavy atom. The molecule has 2 N–H and O–H groups in total. The van der Waals surface area contributed by atoms with Crippen LogP contribution in [0, 0.1) is 18.7 Å². The van der Waals surface area contributed by atoms with Crippen LogP contribution in [0.15, 0.2) is 18.2 Å². The van der Waals surface area contributed by atoms with Gasteiger partial charge in [-0.05, 0) is 49.9 Å². The average molecular weight is 237 g/mol. The summed E-state index contributed by atoms with van der Waals surface area (Å²) in [6.07, 6.45) is 2.15. The maximum atomic E-state index is 13.0. The molecular weight excluding hydrogens is 217 g/mol. The summed E-state index contributed by atoms with van der Waals surface area (Å²) in [5, 5.41) is 0. The second kappa shape index (κ2) is 5.15. The van der Waals surface area contributed by atoms with E-state index in [2.05, 4.69) is 6.92 Å². The molecule has 1 aromatic rings. The van der Waals surface area contributed by atoms with Crippen molar-refractivity contribution in [2.45, 2.75) is 38.8 Å². The fraction of sp³-hybridized carbons (Fsp3) is 0.571. The summed E-state index contributed by atoms with van der Waals surface area (Å²) in [4.78, 5) is 0. The molecule has 0 amide bonds. The van der Waals surface area contributed by atoms with Crippen LogP contribution in [-0.2, 0) is 11.2 Å². The first kappa shape index (κ1) is 12.5. The number of aryl methyl sites for hydroxylation is 1. The molecule has 0 saturated carbocycles. The molecule has 1 fully saturated rings. The highest BCUT2D eigenvalue weighted by Gasteiger charge is 2.27. The van der Waals surface area contributed by atoms with Gasteiger partial charge >= 0.3 is 0 Å². The Morgan fingerprint density at radius 2 is 2.29 bits per heavy atom. The van der Waals surface area contributed by atoms with E-state index in [1.807, 2.05) is 13.0 Å². The number of benzene rings is 1. The third-order valence-corrected chi connectivity index (χ3v) is 3.60. The van der Waals surface area contributed by atoms with Crippen molar-refractivity contribution in [2.24, 2.45) is 11.7 Å². The number of hydrogen-bond donors (Lipinski definition) is 1. The van der Waals surface area contributed by atoms with Crippen LogP contribution in [0.25, 0.3) is 0 Å². The zero-order valence-electron chi connectivity index (χ0n) is 10.4. The Labute approximate surface area is 102 Å². The Hall–Kier alpha value is -0.930. The zero-order valence-corrected chi connectivity index (χ0v) is 10.4. The van der Waals surface area contributed by atoms with Crippen molar-refractivity contribution in [1.29, 1.82) is 0 Å². The summed E-state index contributed by atoms with van der Waals surface area (Å²) in [5.74, 6) is 0.243. The molecule has 1 aromatic carbocycles. The molecule has 3 unspecified atom stereocenters. The van der Waals surface area contributed by atoms with E-state index in [-0.39, 0.29) is 11.9 Å². The second-order valence-corrected chi connectivity index (χ2v) is 5.08. The maximum Gasteiger partial charge on any atom is 0.123 e. The van der Waals surface area contributed by atoms with Crippen LogP contribution >= 0.6 is 0 Å². The Kier molecular flexibility index (Phi) is 3.79. The van der Waals surface area contributed by atoms with Crippen molar-refractivity contribution in [3.8, 4) is 0 Å². The van der Waals surface area contributed by atoms with Gasteiger partial charge in [0.2, 0.25) is 0 Å². The van der Waals surface area contributed by atoms with E-state index in [9.17, 15) is 4.39 Å². The minimum Gasteiger partial charge on any atom is -0.378 e. The molecule has 0 aliphatic carbocycles. The molecule has 0 radical (unpaired) electrons. The van der Waals surface area contributed by atoms with E-state index in [0.717, 1.165) is 30.6 Å². The molecule has 1 aliphatic heterocycles. The van der Waals surface area contributed by atoms with Crippen molar-refractivity contribution in [3.63, 3.8) is 0 Å². The first-order valence-electron chi connectivity index (χ1n) is 6.18. The molecule has 17 heavy (non-hydrogen) atoms. The topological polar surface area (TPSA) is 35.2 Å². The second-order valence-electron chi connectivity index (χ2n) is 5.08. The van der Waals surface area contributed by atoms with Crippen LogP contribution in [0.1, 0.15) is 24.5 Å². The standard InChI is InChI=1S/C14H20FNO/c1-9-5-13(15)4-3-11(9)7-14(16)12-6-10(2)17-8-12/h3-5,10,12,14H,6-8,16H2,1-2H3. The van der Waals surface area contributed by atoms with E-state index < -0.39 is 0 Å². The molecule has 1 aliphatic rings. The van der Waals surface area contributed by atoms with Crippen molar-refractivity contribution < 1.29 is 9.13 Å². The van der Waals surface area contributed by atoms with Crippen molar-refractivity contribution in [2.75, 3.05) is 6.61 Å². The highest BCUT2D eigenvalue weighted by Crippen LogP contribution is 2.24. The predicted molar refractivity (Wildman–Crippen MR) is 66.3 cm³/mol. The molecule has 0 spiro atoms. The van der Waals surface area contributed by atoms with Gasteiger partial charge < -0.3 is 10.5 Å². The lowest BCUT2D eigenvalue weighted by molar-refractivity contribution is 0.118. The Bertz CT molecular complexity index is 394. The fourth-order valence-electron chi connectivity index (χ4n) is 2.46. The summed E-state index contributed by atoms with van der Waals surface area (Å²) in [7, 11) is 0. The van der Waals surface area contributed by atoms with Crippen molar-refractivity contribution in [3.05, 3.63) is 35.1 Å². The average Bonchev–Trinajstić information content (AvgIpc) is 2.69. The highest BCUT2D eigenvalue weighted by molar-refractivity contribution is 5.27. The van der Waals surface area contributed by atoms with Crippen molar-refractivity contribution >= 4 is 0 Å². The van der Waals surface area contributed by atoms with Gasteiger partial charge in [-0.25, -0.2) is 4.39 Å². The molecule has 2 nitrogen and oxygen atoms in total. The quantitative estimate of drug-likeness (QED) is 0.876. The van der Waals surface area contributed by atoms with Crippen molar-refractivity contribution in [1.82, 2.24) is 0 Å². The number of ether oxygens (including phenoxy) is 1. The molecule has 3 atom stereocenters. The number of nitrogens with two attached hydrogens (primary N) is 1. The van der Waals surface area contributed by atoms with Gasteiger partial charge in [0, 0.05) is 12.0 Å². The largest absolute Gasteiger partial charge is 0.378 e. The summed E-state index contributed by atoms with van der Waals surface area (Å²) in [6, 6.07) is 5.01. The smallest absolute Gasteiger partial charge is 0.123 e. The lowest BCUT2D eigenvalue weighted by atomic mass is 9.91. The molecule has 2 rings (SSSR count). The molecule has 0 aromatic heterocycles. The SMILES string of the molecule is Cc1cc(F)ccc1CC(N)C1COC(C)C1. The Morgan fingerprint density at radius 1 is 1.53 bits per heavy atom. The summed E-state index contributed by atoms with van der Waals surface area (Å²) >= 11 is 0. The van der Waals surface area contributed by atoms with Gasteiger partial charge in [-0.2, -0.15) is 0 Å². The zero-order chi connectivity index (χ0) is 12.4. The summed E-state index contributed by atoms with van der Waals surface area (Å²) in [5.41, 5.74) is 8.32. The van der Waals surface area contributed by atoms with Crippen LogP contribution in [0.3, 0.4) is 0 Å². The third kappa shape index (κ3) is 3.05. The number of halogens is 1.